The summed E-state index contributed by atoms with van der Waals surface area (Å²) in [6, 6.07) is 5.92. The molecule has 5 rings (SSSR count). The van der Waals surface area contributed by atoms with Crippen molar-refractivity contribution in [3.05, 3.63) is 58.6 Å². The van der Waals surface area contributed by atoms with Crippen molar-refractivity contribution in [1.29, 1.82) is 0 Å². The first kappa shape index (κ1) is 26.2. The maximum atomic E-state index is 13.5. The summed E-state index contributed by atoms with van der Waals surface area (Å²) >= 11 is 5.63. The van der Waals surface area contributed by atoms with Crippen molar-refractivity contribution in [2.24, 2.45) is 5.41 Å². The van der Waals surface area contributed by atoms with Crippen molar-refractivity contribution in [3.8, 4) is 5.75 Å². The van der Waals surface area contributed by atoms with Crippen LogP contribution in [0.2, 0.25) is 5.02 Å². The molecule has 3 N–H and O–H groups in total. The first-order chi connectivity index (χ1) is 16.9. The molecule has 3 saturated carbocycles. The Balaban J connectivity index is 1.30. The van der Waals surface area contributed by atoms with E-state index >= 15 is 0 Å². The molecule has 0 saturated heterocycles. The van der Waals surface area contributed by atoms with E-state index < -0.39 is 40.5 Å². The molecule has 0 spiro atoms. The lowest BCUT2D eigenvalue weighted by Crippen LogP contribution is -2.67. The van der Waals surface area contributed by atoms with Crippen molar-refractivity contribution in [2.75, 3.05) is 6.61 Å². The predicted octanol–water partition coefficient (Wildman–Crippen LogP) is 3.77. The van der Waals surface area contributed by atoms with Crippen molar-refractivity contribution in [3.63, 3.8) is 0 Å². The van der Waals surface area contributed by atoms with Crippen molar-refractivity contribution < 1.29 is 37.0 Å². The fraction of sp³-hybridized carbons (Fsp3) is 0.458. The molecule has 2 aromatic rings. The molecule has 0 radical (unpaired) electrons. The first-order valence-corrected chi connectivity index (χ1v) is 11.7. The Morgan fingerprint density at radius 1 is 1.17 bits per heavy atom. The number of ether oxygens (including phenoxy) is 1. The number of amides is 2. The van der Waals surface area contributed by atoms with Gasteiger partial charge in [0.25, 0.3) is 5.91 Å². The van der Waals surface area contributed by atoms with Gasteiger partial charge >= 0.3 is 6.18 Å². The molecule has 194 valence electrons. The van der Waals surface area contributed by atoms with Gasteiger partial charge < -0.3 is 20.5 Å². The molecule has 12 heteroatoms. The summed E-state index contributed by atoms with van der Waals surface area (Å²) in [7, 11) is 0. The summed E-state index contributed by atoms with van der Waals surface area (Å²) in [5, 5.41) is 16.3. The molecule has 2 amide bonds. The molecule has 1 aromatic carbocycles. The van der Waals surface area contributed by atoms with Crippen LogP contribution in [-0.2, 0) is 22.3 Å². The molecule has 1 heterocycles. The number of aliphatic hydroxyl groups excluding tert-OH is 1. The van der Waals surface area contributed by atoms with E-state index in [1.54, 1.807) is 0 Å². The minimum absolute atomic E-state index is 0.0423. The van der Waals surface area contributed by atoms with Crippen molar-refractivity contribution >= 4 is 23.4 Å². The van der Waals surface area contributed by atoms with Crippen LogP contribution in [0.3, 0.4) is 0 Å². The van der Waals surface area contributed by atoms with Gasteiger partial charge in [0, 0.05) is 12.3 Å². The van der Waals surface area contributed by atoms with Gasteiger partial charge in [0.1, 0.15) is 11.6 Å². The minimum Gasteiger partial charge on any atom is -0.484 e. The number of benzene rings is 1. The van der Waals surface area contributed by atoms with Gasteiger partial charge in [-0.05, 0) is 56.4 Å². The third kappa shape index (κ3) is 5.41. The number of rotatable bonds is 7. The van der Waals surface area contributed by atoms with Gasteiger partial charge in [0.15, 0.2) is 6.61 Å². The van der Waals surface area contributed by atoms with E-state index in [0.717, 1.165) is 18.3 Å². The second kappa shape index (κ2) is 9.85. The van der Waals surface area contributed by atoms with Gasteiger partial charge in [-0.3, -0.25) is 14.6 Å². The van der Waals surface area contributed by atoms with Crippen molar-refractivity contribution in [1.82, 2.24) is 15.6 Å². The molecule has 3 fully saturated rings. The number of carbonyl (C=O) groups excluding carboxylic acids is 2. The highest BCUT2D eigenvalue weighted by atomic mass is 35.5. The van der Waals surface area contributed by atoms with E-state index in [1.165, 1.54) is 18.2 Å². The fourth-order valence-corrected chi connectivity index (χ4v) is 5.01. The van der Waals surface area contributed by atoms with E-state index in [1.807, 2.05) is 0 Å². The first-order valence-electron chi connectivity index (χ1n) is 11.3. The molecule has 3 aliphatic rings. The van der Waals surface area contributed by atoms with Crippen LogP contribution < -0.4 is 15.4 Å². The predicted molar refractivity (Wildman–Crippen MR) is 120 cm³/mol. The average Bonchev–Trinajstić information content (AvgIpc) is 2.84. The summed E-state index contributed by atoms with van der Waals surface area (Å²) in [4.78, 5) is 29.2. The summed E-state index contributed by atoms with van der Waals surface area (Å²) in [5.74, 6) is -1.34. The number of nitrogens with one attached hydrogen (secondary N) is 2. The molecule has 2 bridgehead atoms. The van der Waals surface area contributed by atoms with Crippen LogP contribution in [0.5, 0.6) is 5.75 Å². The summed E-state index contributed by atoms with van der Waals surface area (Å²) in [5.41, 5.74) is -2.33. The second-order valence-electron chi connectivity index (χ2n) is 9.29. The highest BCUT2D eigenvalue weighted by Gasteiger charge is 2.57. The Morgan fingerprint density at radius 3 is 2.47 bits per heavy atom. The number of carbonyl (C=O) groups is 2. The number of aromatic nitrogens is 1. The van der Waals surface area contributed by atoms with E-state index in [2.05, 4.69) is 15.6 Å². The monoisotopic (exact) mass is 529 g/mol. The van der Waals surface area contributed by atoms with Gasteiger partial charge in [-0.1, -0.05) is 11.6 Å². The zero-order chi connectivity index (χ0) is 26.1. The van der Waals surface area contributed by atoms with E-state index in [9.17, 15) is 32.3 Å². The average molecular weight is 530 g/mol. The van der Waals surface area contributed by atoms with Crippen LogP contribution in [0.4, 0.5) is 17.6 Å². The van der Waals surface area contributed by atoms with Gasteiger partial charge in [-0.25, -0.2) is 4.39 Å². The summed E-state index contributed by atoms with van der Waals surface area (Å²) in [6.45, 7) is -0.430. The van der Waals surface area contributed by atoms with E-state index in [-0.39, 0.29) is 41.9 Å². The maximum Gasteiger partial charge on any atom is 0.417 e. The number of halogens is 5. The molecule has 36 heavy (non-hydrogen) atoms. The number of fused-ring (bicyclic) bond motifs is 3. The minimum atomic E-state index is -4.49. The normalized spacial score (nSPS) is 25.3. The van der Waals surface area contributed by atoms with Crippen LogP contribution in [0, 0.1) is 11.2 Å². The zero-order valence-electron chi connectivity index (χ0n) is 19.0. The Hall–Kier alpha value is -2.92. The molecule has 1 aromatic heterocycles. The molecular weight excluding hydrogens is 506 g/mol. The lowest BCUT2D eigenvalue weighted by Gasteiger charge is -2.55. The Morgan fingerprint density at radius 2 is 1.89 bits per heavy atom. The van der Waals surface area contributed by atoms with Crippen LogP contribution in [0.25, 0.3) is 0 Å². The summed E-state index contributed by atoms with van der Waals surface area (Å²) < 4.78 is 56.9. The SMILES string of the molecule is O=C(COc1ccc(Cl)c(F)c1)NC12CCC(C(=O)NCc3ccc(C(F)(F)F)cn3)(CC1)C[C@@H]2O. The molecule has 0 aliphatic heterocycles. The number of aliphatic hydroxyl groups is 1. The van der Waals surface area contributed by atoms with E-state index in [4.69, 9.17) is 16.3 Å². The number of nitrogens with zero attached hydrogens (tertiary/aromatic N) is 1. The number of hydrogen-bond donors (Lipinski definition) is 3. The van der Waals surface area contributed by atoms with Crippen LogP contribution in [0.1, 0.15) is 43.4 Å². The highest BCUT2D eigenvalue weighted by molar-refractivity contribution is 6.30. The third-order valence-electron chi connectivity index (χ3n) is 7.03. The quantitative estimate of drug-likeness (QED) is 0.474. The molecule has 1 atom stereocenters. The van der Waals surface area contributed by atoms with Crippen molar-refractivity contribution in [2.45, 2.75) is 56.5 Å². The largest absolute Gasteiger partial charge is 0.484 e. The van der Waals surface area contributed by atoms with Gasteiger partial charge in [0.05, 0.1) is 39.9 Å². The zero-order valence-corrected chi connectivity index (χ0v) is 19.8. The Bertz CT molecular complexity index is 1140. The molecular formula is C24H24ClF4N3O4. The second-order valence-corrected chi connectivity index (χ2v) is 9.70. The van der Waals surface area contributed by atoms with E-state index in [0.29, 0.717) is 25.7 Å². The van der Waals surface area contributed by atoms with Gasteiger partial charge in [-0.2, -0.15) is 13.2 Å². The maximum absolute atomic E-state index is 13.5. The number of alkyl halides is 3. The topological polar surface area (TPSA) is 101 Å². The lowest BCUT2D eigenvalue weighted by molar-refractivity contribution is -0.151. The smallest absolute Gasteiger partial charge is 0.417 e. The molecule has 3 aliphatic carbocycles. The third-order valence-corrected chi connectivity index (χ3v) is 7.34. The summed E-state index contributed by atoms with van der Waals surface area (Å²) in [6.07, 6.45) is -3.07. The van der Waals surface area contributed by atoms with Crippen LogP contribution in [0.15, 0.2) is 36.5 Å². The Labute approximate surface area is 209 Å². The number of pyridine rings is 1. The lowest BCUT2D eigenvalue weighted by atomic mass is 9.55. The molecule has 0 unspecified atom stereocenters. The standard InChI is InChI=1S/C24H24ClF4N3O4/c25-17-4-3-16(9-18(17)26)36-13-20(34)32-23-7-5-22(6-8-23,10-19(23)33)21(35)31-12-15-2-1-14(11-30-15)24(27,28)29/h1-4,9,11,19,33H,5-8,10,12-13H2,(H,31,35)(H,32,34)/t19-,22?,23?/m0/s1. The van der Waals surface area contributed by atoms with Crippen LogP contribution >= 0.6 is 11.6 Å². The number of hydrogen-bond acceptors (Lipinski definition) is 5. The van der Waals surface area contributed by atoms with Gasteiger partial charge in [-0.15, -0.1) is 0 Å². The van der Waals surface area contributed by atoms with Crippen LogP contribution in [-0.4, -0.2) is 40.2 Å². The molecule has 7 nitrogen and oxygen atoms in total. The fourth-order valence-electron chi connectivity index (χ4n) is 4.89. The highest BCUT2D eigenvalue weighted by Crippen LogP contribution is 2.52. The van der Waals surface area contributed by atoms with Gasteiger partial charge in [0.2, 0.25) is 5.91 Å². The Kier molecular flexibility index (Phi) is 7.16.